The summed E-state index contributed by atoms with van der Waals surface area (Å²) >= 11 is 0. The van der Waals surface area contributed by atoms with Crippen LogP contribution in [0.1, 0.15) is 7.43 Å². The van der Waals surface area contributed by atoms with E-state index in [-0.39, 0.29) is 41.1 Å². The molecule has 1 nitrogen and oxygen atoms in total. The molecule has 0 amide bonds. The molecule has 0 aromatic heterocycles. The quantitative estimate of drug-likeness (QED) is 0.578. The van der Waals surface area contributed by atoms with E-state index in [1.54, 1.807) is 0 Å². The summed E-state index contributed by atoms with van der Waals surface area (Å²) in [6, 6.07) is 0. The Morgan fingerprint density at radius 2 is 1.00 bits per heavy atom. The third-order valence-corrected chi connectivity index (χ3v) is 0. The molecule has 0 saturated carbocycles. The van der Waals surface area contributed by atoms with Crippen LogP contribution in [0, 0.1) is 7.43 Å². The zero-order chi connectivity index (χ0) is 0. The minimum absolute atomic E-state index is 0. The Bertz CT molecular complexity index is 6.00. The first-order valence-electron chi connectivity index (χ1n) is 0. The summed E-state index contributed by atoms with van der Waals surface area (Å²) in [6.45, 7) is 0. The molecule has 0 aliphatic carbocycles. The zero-order valence-corrected chi connectivity index (χ0v) is 4.31. The molecular formula is C2H9IrN-2. The average molecular weight is 239 g/mol. The predicted molar refractivity (Wildman–Crippen MR) is 18.4 cm³/mol. The van der Waals surface area contributed by atoms with Gasteiger partial charge < -0.3 is 13.6 Å². The summed E-state index contributed by atoms with van der Waals surface area (Å²) < 4.78 is 0. The van der Waals surface area contributed by atoms with Gasteiger partial charge in [-0.25, -0.2) is 0 Å². The predicted octanol–water partition coefficient (Wildman–Crippen LogP) is 1.80. The van der Waals surface area contributed by atoms with Gasteiger partial charge in [-0.15, -0.1) is 0 Å². The second-order valence-electron chi connectivity index (χ2n) is 0. The number of rotatable bonds is 0. The van der Waals surface area contributed by atoms with E-state index in [0.29, 0.717) is 0 Å². The Balaban J connectivity index is 0. The molecule has 0 aromatic rings. The van der Waals surface area contributed by atoms with Crippen molar-refractivity contribution in [3.8, 4) is 0 Å². The van der Waals surface area contributed by atoms with E-state index in [9.17, 15) is 0 Å². The summed E-state index contributed by atoms with van der Waals surface area (Å²) in [5.41, 5.74) is 0. The van der Waals surface area contributed by atoms with Crippen LogP contribution in [0.25, 0.3) is 6.15 Å². The van der Waals surface area contributed by atoms with E-state index in [4.69, 9.17) is 0 Å². The molecule has 0 saturated heterocycles. The summed E-state index contributed by atoms with van der Waals surface area (Å²) in [4.78, 5) is 0. The number of nitrogens with two attached hydrogens (primary N) is 1. The summed E-state index contributed by atoms with van der Waals surface area (Å²) in [7, 11) is 0. The van der Waals surface area contributed by atoms with Crippen molar-refractivity contribution in [2.24, 2.45) is 0 Å². The Morgan fingerprint density at radius 3 is 1.00 bits per heavy atom. The van der Waals surface area contributed by atoms with Crippen molar-refractivity contribution >= 4 is 0 Å². The van der Waals surface area contributed by atoms with E-state index in [0.717, 1.165) is 0 Å². The van der Waals surface area contributed by atoms with Crippen LogP contribution < -0.4 is 0 Å². The average Bonchev–Trinajstić information content (AvgIpc) is 0. The fourth-order valence-electron chi connectivity index (χ4n) is 0. The smallest absolute Gasteiger partial charge is 0 e. The van der Waals surface area contributed by atoms with Crippen LogP contribution >= 0.6 is 0 Å². The first kappa shape index (κ1) is 162. The first-order chi connectivity index (χ1) is 0. The van der Waals surface area contributed by atoms with E-state index in [2.05, 4.69) is 0 Å². The van der Waals surface area contributed by atoms with Crippen LogP contribution in [0.2, 0.25) is 0 Å². The van der Waals surface area contributed by atoms with Crippen molar-refractivity contribution in [3.05, 3.63) is 13.6 Å². The minimum Gasteiger partial charge on any atom is -0.693 e. The normalized spacial score (nSPS) is 0. The molecule has 0 unspecified atom stereocenters. The van der Waals surface area contributed by atoms with Gasteiger partial charge >= 0.3 is 0 Å². The largest absolute Gasteiger partial charge is 0.693 e. The van der Waals surface area contributed by atoms with Crippen molar-refractivity contribution in [1.82, 2.24) is 0 Å². The van der Waals surface area contributed by atoms with Crippen LogP contribution in [0.5, 0.6) is 0 Å². The molecule has 2 N–H and O–H groups in total. The Labute approximate surface area is 41.7 Å². The van der Waals surface area contributed by atoms with E-state index in [1.165, 1.54) is 0 Å². The molecule has 0 aromatic carbocycles. The van der Waals surface area contributed by atoms with Crippen molar-refractivity contribution in [2.75, 3.05) is 0 Å². The molecule has 1 radical (unpaired) electrons. The van der Waals surface area contributed by atoms with Gasteiger partial charge in [0.05, 0.1) is 0 Å². The number of hydrogen-bond acceptors (Lipinski definition) is 0. The minimum atomic E-state index is 0. The third-order valence-electron chi connectivity index (χ3n) is 0. The third kappa shape index (κ3) is 18.2. The summed E-state index contributed by atoms with van der Waals surface area (Å²) in [5.74, 6) is 0. The van der Waals surface area contributed by atoms with Gasteiger partial charge in [0.2, 0.25) is 0 Å². The Morgan fingerprint density at radius 1 is 1.00 bits per heavy atom. The van der Waals surface area contributed by atoms with Gasteiger partial charge in [0, 0.05) is 20.1 Å². The van der Waals surface area contributed by atoms with Gasteiger partial charge in [0.25, 0.3) is 0 Å². The molecule has 0 heterocycles. The second-order valence-corrected chi connectivity index (χ2v) is 0. The van der Waals surface area contributed by atoms with Gasteiger partial charge in [-0.2, -0.15) is 0 Å². The first-order valence-corrected chi connectivity index (χ1v) is 0. The van der Waals surface area contributed by atoms with Crippen LogP contribution in [0.15, 0.2) is 0 Å². The molecule has 0 spiro atoms. The SMILES string of the molecule is C.[CH3-].[Ir].[NH2-]. The van der Waals surface area contributed by atoms with Gasteiger partial charge in [-0.05, 0) is 0 Å². The standard InChI is InChI=1S/CH4.CH3.Ir.H2N/h1H4;1H3;;1H2/q;-1;;-1. The monoisotopic (exact) mass is 240 g/mol. The van der Waals surface area contributed by atoms with Crippen LogP contribution in [-0.4, -0.2) is 0 Å². The molecule has 0 rings (SSSR count). The molecule has 0 aliphatic heterocycles. The van der Waals surface area contributed by atoms with E-state index in [1.807, 2.05) is 0 Å². The van der Waals surface area contributed by atoms with Crippen molar-refractivity contribution in [3.63, 3.8) is 0 Å². The maximum atomic E-state index is 0. The topological polar surface area (TPSA) is 33.5 Å². The van der Waals surface area contributed by atoms with Crippen LogP contribution in [-0.2, 0) is 20.1 Å². The molecule has 4 heavy (non-hydrogen) atoms. The van der Waals surface area contributed by atoms with Gasteiger partial charge in [-0.3, -0.25) is 0 Å². The van der Waals surface area contributed by atoms with Gasteiger partial charge in [-0.1, -0.05) is 7.43 Å². The fraction of sp³-hybridized carbons (Fsp3) is 0.500. The Hall–Kier alpha value is 0.609. The van der Waals surface area contributed by atoms with Crippen molar-refractivity contribution in [2.45, 2.75) is 7.43 Å². The van der Waals surface area contributed by atoms with Gasteiger partial charge in [0.15, 0.2) is 0 Å². The molecule has 33 valence electrons. The summed E-state index contributed by atoms with van der Waals surface area (Å²) in [5, 5.41) is 0. The maximum absolute atomic E-state index is 0. The van der Waals surface area contributed by atoms with E-state index < -0.39 is 0 Å². The maximum Gasteiger partial charge on any atom is 0 e. The molecule has 0 fully saturated rings. The molecular weight excluding hydrogens is 230 g/mol. The molecule has 0 atom stereocenters. The van der Waals surface area contributed by atoms with Crippen LogP contribution in [0.3, 0.4) is 0 Å². The molecule has 0 aliphatic rings. The van der Waals surface area contributed by atoms with E-state index >= 15 is 0 Å². The molecule has 0 bridgehead atoms. The van der Waals surface area contributed by atoms with Gasteiger partial charge in [0.1, 0.15) is 0 Å². The number of hydrogen-bond donors (Lipinski definition) is 0. The Kier molecular flexibility index (Phi) is 2680. The molecule has 2 heteroatoms. The summed E-state index contributed by atoms with van der Waals surface area (Å²) in [6.07, 6.45) is 0. The van der Waals surface area contributed by atoms with Crippen LogP contribution in [0.4, 0.5) is 0 Å². The van der Waals surface area contributed by atoms with Crippen molar-refractivity contribution < 1.29 is 20.1 Å². The second kappa shape index (κ2) is 66.2. The van der Waals surface area contributed by atoms with Crippen molar-refractivity contribution in [1.29, 1.82) is 0 Å². The zero-order valence-electron chi connectivity index (χ0n) is 1.91. The fourth-order valence-corrected chi connectivity index (χ4v) is 0.